The lowest BCUT2D eigenvalue weighted by molar-refractivity contribution is 0.0906. The quantitative estimate of drug-likeness (QED) is 0.734. The molecule has 2 fully saturated rings. The Labute approximate surface area is 146 Å². The normalized spacial score (nSPS) is 25.7. The number of aromatic amines is 1. The first-order chi connectivity index (χ1) is 11.7. The van der Waals surface area contributed by atoms with E-state index in [0.29, 0.717) is 12.1 Å². The van der Waals surface area contributed by atoms with Crippen molar-refractivity contribution in [1.82, 2.24) is 20.5 Å². The summed E-state index contributed by atoms with van der Waals surface area (Å²) in [7, 11) is 1.88. The second-order valence-corrected chi connectivity index (χ2v) is 7.12. The van der Waals surface area contributed by atoms with Crippen LogP contribution in [0.5, 0.6) is 0 Å². The third kappa shape index (κ3) is 2.55. The number of nitrogens with one attached hydrogen (secondary N) is 3. The Kier molecular flexibility index (Phi) is 3.92. The highest BCUT2D eigenvalue weighted by molar-refractivity contribution is 7.80. The van der Waals surface area contributed by atoms with Gasteiger partial charge in [0.2, 0.25) is 0 Å². The van der Waals surface area contributed by atoms with Crippen molar-refractivity contribution in [3.63, 3.8) is 0 Å². The van der Waals surface area contributed by atoms with Crippen LogP contribution in [0.3, 0.4) is 0 Å². The summed E-state index contributed by atoms with van der Waals surface area (Å²) in [5.74, 6) is 0.0153. The number of fused-ring (bicyclic) bond motifs is 3. The van der Waals surface area contributed by atoms with Crippen molar-refractivity contribution in [1.29, 1.82) is 0 Å². The number of benzene rings is 1. The van der Waals surface area contributed by atoms with Gasteiger partial charge in [0.15, 0.2) is 5.11 Å². The van der Waals surface area contributed by atoms with E-state index in [1.807, 2.05) is 31.3 Å². The van der Waals surface area contributed by atoms with Crippen molar-refractivity contribution >= 4 is 34.1 Å². The van der Waals surface area contributed by atoms with Gasteiger partial charge in [0.05, 0.1) is 5.56 Å². The van der Waals surface area contributed by atoms with E-state index >= 15 is 0 Å². The third-order valence-corrected chi connectivity index (χ3v) is 5.77. The Balaban J connectivity index is 1.47. The van der Waals surface area contributed by atoms with Gasteiger partial charge in [0.25, 0.3) is 5.91 Å². The standard InChI is InChI=1S/C18H22N4OS/c1-19-18(24)22-12-6-7-13(22)9-11(8-12)21-17(23)15-10-20-16-5-3-2-4-14(15)16/h2-5,10-13,20H,6-9H2,1H3,(H,19,24)(H,21,23). The zero-order chi connectivity index (χ0) is 16.7. The zero-order valence-corrected chi connectivity index (χ0v) is 14.5. The highest BCUT2D eigenvalue weighted by Crippen LogP contribution is 2.36. The van der Waals surface area contributed by atoms with Crippen molar-refractivity contribution in [3.8, 4) is 0 Å². The van der Waals surface area contributed by atoms with Crippen LogP contribution in [0.2, 0.25) is 0 Å². The fraction of sp³-hybridized carbons (Fsp3) is 0.444. The predicted molar refractivity (Wildman–Crippen MR) is 99.1 cm³/mol. The maximum absolute atomic E-state index is 12.7. The van der Waals surface area contributed by atoms with Gasteiger partial charge in [0.1, 0.15) is 0 Å². The highest BCUT2D eigenvalue weighted by Gasteiger charge is 2.42. The molecule has 2 saturated heterocycles. The van der Waals surface area contributed by atoms with Crippen molar-refractivity contribution in [2.24, 2.45) is 0 Å². The number of para-hydroxylation sites is 1. The summed E-state index contributed by atoms with van der Waals surface area (Å²) < 4.78 is 0. The highest BCUT2D eigenvalue weighted by atomic mass is 32.1. The largest absolute Gasteiger partial charge is 0.366 e. The molecule has 2 atom stereocenters. The lowest BCUT2D eigenvalue weighted by atomic mass is 9.97. The predicted octanol–water partition coefficient (Wildman–Crippen LogP) is 2.40. The van der Waals surface area contributed by atoms with Crippen LogP contribution in [0.15, 0.2) is 30.5 Å². The van der Waals surface area contributed by atoms with Crippen molar-refractivity contribution in [3.05, 3.63) is 36.0 Å². The molecule has 0 aliphatic carbocycles. The van der Waals surface area contributed by atoms with E-state index < -0.39 is 0 Å². The molecule has 2 aliphatic rings. The summed E-state index contributed by atoms with van der Waals surface area (Å²) in [4.78, 5) is 18.2. The Bertz CT molecular complexity index is 772. The van der Waals surface area contributed by atoms with Gasteiger partial charge in [-0.15, -0.1) is 0 Å². The van der Waals surface area contributed by atoms with Crippen molar-refractivity contribution < 1.29 is 4.79 Å². The number of nitrogens with zero attached hydrogens (tertiary/aromatic N) is 1. The fourth-order valence-corrected chi connectivity index (χ4v) is 4.58. The fourth-order valence-electron chi connectivity index (χ4n) is 4.28. The molecule has 0 radical (unpaired) electrons. The molecule has 1 amide bonds. The van der Waals surface area contributed by atoms with Crippen LogP contribution < -0.4 is 10.6 Å². The molecule has 6 heteroatoms. The number of carbonyl (C=O) groups is 1. The Morgan fingerprint density at radius 2 is 1.96 bits per heavy atom. The minimum Gasteiger partial charge on any atom is -0.366 e. The first-order valence-corrected chi connectivity index (χ1v) is 8.95. The van der Waals surface area contributed by atoms with Crippen LogP contribution >= 0.6 is 12.2 Å². The number of thiocarbonyl (C=S) groups is 1. The van der Waals surface area contributed by atoms with Gasteiger partial charge >= 0.3 is 0 Å². The Hall–Kier alpha value is -2.08. The van der Waals surface area contributed by atoms with Crippen LogP contribution in [0, 0.1) is 0 Å². The second-order valence-electron chi connectivity index (χ2n) is 6.74. The van der Waals surface area contributed by atoms with E-state index in [2.05, 4.69) is 20.5 Å². The summed E-state index contributed by atoms with van der Waals surface area (Å²) in [6, 6.07) is 9.01. The average molecular weight is 342 g/mol. The van der Waals surface area contributed by atoms with Crippen LogP contribution in [0.1, 0.15) is 36.0 Å². The number of aromatic nitrogens is 1. The van der Waals surface area contributed by atoms with Crippen LogP contribution in [-0.4, -0.2) is 46.1 Å². The van der Waals surface area contributed by atoms with Gasteiger partial charge in [-0.1, -0.05) is 18.2 Å². The molecule has 3 N–H and O–H groups in total. The molecule has 3 heterocycles. The number of amides is 1. The Morgan fingerprint density at radius 1 is 1.25 bits per heavy atom. The van der Waals surface area contributed by atoms with Gasteiger partial charge in [-0.2, -0.15) is 0 Å². The van der Waals surface area contributed by atoms with Crippen molar-refractivity contribution in [2.45, 2.75) is 43.8 Å². The molecule has 24 heavy (non-hydrogen) atoms. The maximum atomic E-state index is 12.7. The smallest absolute Gasteiger partial charge is 0.253 e. The van der Waals surface area contributed by atoms with Gasteiger partial charge < -0.3 is 20.5 Å². The lowest BCUT2D eigenvalue weighted by Crippen LogP contribution is -2.54. The summed E-state index contributed by atoms with van der Waals surface area (Å²) in [6.07, 6.45) is 6.05. The minimum absolute atomic E-state index is 0.0153. The number of hydrogen-bond acceptors (Lipinski definition) is 2. The topological polar surface area (TPSA) is 60.2 Å². The summed E-state index contributed by atoms with van der Waals surface area (Å²) in [5.41, 5.74) is 1.73. The molecule has 2 aliphatic heterocycles. The first kappa shape index (κ1) is 15.4. The molecule has 1 aromatic heterocycles. The van der Waals surface area contributed by atoms with Gasteiger partial charge in [0, 0.05) is 42.3 Å². The molecule has 126 valence electrons. The minimum atomic E-state index is 0.0153. The second kappa shape index (κ2) is 6.09. The number of hydrogen-bond donors (Lipinski definition) is 3. The maximum Gasteiger partial charge on any atom is 0.253 e. The summed E-state index contributed by atoms with van der Waals surface area (Å²) >= 11 is 5.44. The molecule has 0 saturated carbocycles. The SMILES string of the molecule is CNC(=S)N1C2CCC1CC(NC(=O)c1c[nH]c3ccccc13)C2. The molecular formula is C18H22N4OS. The lowest BCUT2D eigenvalue weighted by Gasteiger charge is -2.40. The van der Waals surface area contributed by atoms with Crippen LogP contribution in [0.25, 0.3) is 10.9 Å². The van der Waals surface area contributed by atoms with E-state index in [1.165, 1.54) is 0 Å². The molecule has 5 nitrogen and oxygen atoms in total. The van der Waals surface area contributed by atoms with E-state index in [9.17, 15) is 4.79 Å². The molecule has 0 spiro atoms. The molecule has 1 aromatic carbocycles. The number of H-pyrrole nitrogens is 1. The first-order valence-electron chi connectivity index (χ1n) is 8.54. The number of piperidine rings is 1. The summed E-state index contributed by atoms with van der Waals surface area (Å²) in [6.45, 7) is 0. The zero-order valence-electron chi connectivity index (χ0n) is 13.7. The van der Waals surface area contributed by atoms with Gasteiger partial charge in [-0.25, -0.2) is 0 Å². The third-order valence-electron chi connectivity index (χ3n) is 5.35. The van der Waals surface area contributed by atoms with E-state index in [-0.39, 0.29) is 11.9 Å². The average Bonchev–Trinajstić information content (AvgIpc) is 3.13. The van der Waals surface area contributed by atoms with E-state index in [0.717, 1.165) is 47.3 Å². The molecule has 2 unspecified atom stereocenters. The van der Waals surface area contributed by atoms with Crippen LogP contribution in [0.4, 0.5) is 0 Å². The summed E-state index contributed by atoms with van der Waals surface area (Å²) in [5, 5.41) is 8.16. The number of carbonyl (C=O) groups excluding carboxylic acids is 1. The molecule has 4 rings (SSSR count). The number of rotatable bonds is 2. The van der Waals surface area contributed by atoms with Crippen molar-refractivity contribution in [2.75, 3.05) is 7.05 Å². The van der Waals surface area contributed by atoms with Gasteiger partial charge in [-0.05, 0) is 44.0 Å². The molecule has 2 aromatic rings. The van der Waals surface area contributed by atoms with E-state index in [4.69, 9.17) is 12.2 Å². The molecule has 2 bridgehead atoms. The van der Waals surface area contributed by atoms with Gasteiger partial charge in [-0.3, -0.25) is 4.79 Å². The monoisotopic (exact) mass is 342 g/mol. The molecular weight excluding hydrogens is 320 g/mol. The van der Waals surface area contributed by atoms with E-state index in [1.54, 1.807) is 6.20 Å². The Morgan fingerprint density at radius 3 is 2.67 bits per heavy atom. The van der Waals surface area contributed by atoms with Crippen LogP contribution in [-0.2, 0) is 0 Å².